The summed E-state index contributed by atoms with van der Waals surface area (Å²) < 4.78 is 20.8. The van der Waals surface area contributed by atoms with Gasteiger partial charge in [0.1, 0.15) is 5.58 Å². The summed E-state index contributed by atoms with van der Waals surface area (Å²) in [5.74, 6) is 0. The minimum atomic E-state index is 0.911. The molecule has 0 aliphatic carbocycles. The van der Waals surface area contributed by atoms with Gasteiger partial charge < -0.3 is 31.8 Å². The van der Waals surface area contributed by atoms with E-state index in [-0.39, 0.29) is 0 Å². The van der Waals surface area contributed by atoms with E-state index < -0.39 is 0 Å². The van der Waals surface area contributed by atoms with Crippen molar-refractivity contribution in [2.45, 2.75) is 0 Å². The van der Waals surface area contributed by atoms with E-state index in [0.29, 0.717) is 0 Å². The second-order valence-corrected chi connectivity index (χ2v) is 36.2. The summed E-state index contributed by atoms with van der Waals surface area (Å²) in [6, 6.07) is 188. The van der Waals surface area contributed by atoms with Crippen LogP contribution in [0.4, 0.5) is 0 Å². The molecule has 22 aromatic carbocycles. The Morgan fingerprint density at radius 1 is 0.115 bits per heavy atom. The topological polar surface area (TPSA) is 42.7 Å². The van der Waals surface area contributed by atoms with E-state index in [4.69, 9.17) is 4.42 Å². The van der Waals surface area contributed by atoms with Crippen molar-refractivity contribution in [2.75, 3.05) is 0 Å². The number of nitrogens with zero attached hydrogens (tertiary/aromatic N) is 6. The van der Waals surface area contributed by atoms with Crippen molar-refractivity contribution in [3.63, 3.8) is 0 Å². The lowest BCUT2D eigenvalue weighted by Gasteiger charge is -2.14. The lowest BCUT2D eigenvalue weighted by atomic mass is 9.98. The maximum Gasteiger partial charge on any atom is 0.160 e. The molecule has 0 spiro atoms. The van der Waals surface area contributed by atoms with Gasteiger partial charge in [-0.2, -0.15) is 0 Å². The highest BCUT2D eigenvalue weighted by Crippen LogP contribution is 2.47. The molecular formula is C132H86N6O. The van der Waals surface area contributed by atoms with E-state index in [2.05, 4.69) is 543 Å². The van der Waals surface area contributed by atoms with Crippen LogP contribution in [0, 0.1) is 0 Å². The highest BCUT2D eigenvalue weighted by atomic mass is 16.3. The van der Waals surface area contributed by atoms with Gasteiger partial charge in [0.15, 0.2) is 5.58 Å². The first-order valence-electron chi connectivity index (χ1n) is 47.7. The highest BCUT2D eigenvalue weighted by molar-refractivity contribution is 6.23. The van der Waals surface area contributed by atoms with Gasteiger partial charge in [-0.15, -0.1) is 0 Å². The standard InChI is InChI=1S/C48H32N2.C42H26N2O.C42H28N2/c1-3-13-33(14-4-1)37-29-38(34-15-5-2-6-16-34)31-40(30-37)50-47-22-12-9-19-43(47)44-32-36(25-28-48(44)50)35-23-26-39(27-24-35)49-45-20-10-7-17-41(45)42-18-8-11-21-46(42)49;1-3-11-29(12-4-1)43-37-17-9-7-15-31(37)35-25-27(19-23-38(35)43)28-20-24-39-36(26-28)33-21-22-34-32-16-8-10-18-40(32)45-42(34)41(33)44(39)30-13-5-2-6-14-30;1-3-11-33(12-4-1)43-39-17-9-7-15-35(39)37-27-31(23-25-41(37)43)29-19-21-30(22-20-29)32-24-26-42-38(28-32)36-16-8-10-18-40(36)44(42)34-13-5-2-6-14-34/h1-32H;1-26H;1-28H. The Hall–Kier alpha value is -18.6. The van der Waals surface area contributed by atoms with Gasteiger partial charge in [-0.3, -0.25) is 0 Å². The largest absolute Gasteiger partial charge is 0.454 e. The molecule has 650 valence electrons. The number of benzene rings is 22. The summed E-state index contributed by atoms with van der Waals surface area (Å²) >= 11 is 0. The normalized spacial score (nSPS) is 11.7. The van der Waals surface area contributed by atoms with E-state index in [1.54, 1.807) is 0 Å². The van der Waals surface area contributed by atoms with Gasteiger partial charge in [-0.05, 0) is 255 Å². The molecule has 0 aliphatic rings. The van der Waals surface area contributed by atoms with Gasteiger partial charge in [0.05, 0.1) is 66.2 Å². The van der Waals surface area contributed by atoms with Gasteiger partial charge in [0.2, 0.25) is 0 Å². The number of hydrogen-bond acceptors (Lipinski definition) is 1. The van der Waals surface area contributed by atoms with E-state index in [1.165, 1.54) is 204 Å². The minimum Gasteiger partial charge on any atom is -0.454 e. The fourth-order valence-electron chi connectivity index (χ4n) is 22.0. The number of rotatable bonds is 12. The smallest absolute Gasteiger partial charge is 0.160 e. The predicted octanol–water partition coefficient (Wildman–Crippen LogP) is 35.5. The summed E-state index contributed by atoms with van der Waals surface area (Å²) in [6.45, 7) is 0. The molecule has 0 N–H and O–H groups in total. The Kier molecular flexibility index (Phi) is 19.2. The molecule has 0 saturated carbocycles. The van der Waals surface area contributed by atoms with Gasteiger partial charge in [0.25, 0.3) is 0 Å². The van der Waals surface area contributed by atoms with Crippen LogP contribution < -0.4 is 0 Å². The van der Waals surface area contributed by atoms with Crippen molar-refractivity contribution in [1.29, 1.82) is 0 Å². The summed E-state index contributed by atoms with van der Waals surface area (Å²) in [6.07, 6.45) is 0. The van der Waals surface area contributed by atoms with Crippen LogP contribution in [0.1, 0.15) is 0 Å². The molecule has 0 atom stereocenters. The van der Waals surface area contributed by atoms with Crippen LogP contribution in [0.15, 0.2) is 526 Å². The minimum absolute atomic E-state index is 0.911. The van der Waals surface area contributed by atoms with Gasteiger partial charge in [-0.25, -0.2) is 0 Å². The SMILES string of the molecule is c1ccc(-c2cc(-c3ccccc3)cc(-n3c4ccccc4c4cc(-c5ccc(-n6c7ccccc7c7ccccc76)cc5)ccc43)c2)cc1.c1ccc(-n2c3ccccc3c3cc(-c4ccc(-c5ccc6c(c5)c5ccccc5n6-c5ccccc5)cc4)ccc32)cc1.c1ccc(-n2c3ccccc3c3cc(-c4ccc5c(c4)c4ccc6c7ccccc7oc6c4n5-c4ccccc4)ccc32)cc1. The average Bonchev–Trinajstić information content (AvgIpc) is 1.56. The third-order valence-corrected chi connectivity index (χ3v) is 28.3. The Labute approximate surface area is 801 Å². The van der Waals surface area contributed by atoms with E-state index in [1.807, 2.05) is 6.07 Å². The van der Waals surface area contributed by atoms with Crippen LogP contribution in [-0.4, -0.2) is 27.4 Å². The summed E-state index contributed by atoms with van der Waals surface area (Å²) in [7, 11) is 0. The zero-order chi connectivity index (χ0) is 91.5. The van der Waals surface area contributed by atoms with E-state index in [9.17, 15) is 0 Å². The van der Waals surface area contributed by atoms with Gasteiger partial charge in [0, 0.05) is 110 Å². The Morgan fingerprint density at radius 3 is 0.683 bits per heavy atom. The fraction of sp³-hybridized carbons (Fsp3) is 0. The van der Waals surface area contributed by atoms with Gasteiger partial charge in [-0.1, -0.05) is 334 Å². The second kappa shape index (κ2) is 33.3. The molecular weight excluding hydrogens is 1690 g/mol. The predicted molar refractivity (Wildman–Crippen MR) is 585 cm³/mol. The van der Waals surface area contributed by atoms with Crippen LogP contribution >= 0.6 is 0 Å². The number of fused-ring (bicyclic) bond motifs is 22. The summed E-state index contributed by atoms with van der Waals surface area (Å²) in [5, 5.41) is 17.3. The van der Waals surface area contributed by atoms with Crippen molar-refractivity contribution >= 4 is 153 Å². The third-order valence-electron chi connectivity index (χ3n) is 28.3. The molecule has 0 unspecified atom stereocenters. The molecule has 0 radical (unpaired) electrons. The number of furan rings is 1. The van der Waals surface area contributed by atoms with Crippen molar-refractivity contribution in [2.24, 2.45) is 0 Å². The second-order valence-electron chi connectivity index (χ2n) is 36.2. The number of aromatic nitrogens is 6. The summed E-state index contributed by atoms with van der Waals surface area (Å²) in [5.41, 5.74) is 37.7. The first-order chi connectivity index (χ1) is 69.0. The first kappa shape index (κ1) is 80.1. The zero-order valence-electron chi connectivity index (χ0n) is 75.7. The molecule has 139 heavy (non-hydrogen) atoms. The molecule has 29 aromatic rings. The van der Waals surface area contributed by atoms with Crippen LogP contribution in [0.2, 0.25) is 0 Å². The molecule has 7 heteroatoms. The Bertz CT molecular complexity index is 9560. The van der Waals surface area contributed by atoms with E-state index >= 15 is 0 Å². The average molecular weight is 1770 g/mol. The van der Waals surface area contributed by atoms with Crippen molar-refractivity contribution in [1.82, 2.24) is 27.4 Å². The number of para-hydroxylation sites is 11. The molecule has 0 bridgehead atoms. The fourth-order valence-corrected chi connectivity index (χ4v) is 22.0. The van der Waals surface area contributed by atoms with Crippen molar-refractivity contribution < 1.29 is 4.42 Å². The first-order valence-corrected chi connectivity index (χ1v) is 47.7. The lowest BCUT2D eigenvalue weighted by Crippen LogP contribution is -1.96. The molecule has 0 amide bonds. The monoisotopic (exact) mass is 1770 g/mol. The molecule has 0 fully saturated rings. The maximum absolute atomic E-state index is 6.58. The van der Waals surface area contributed by atoms with Gasteiger partial charge >= 0.3 is 0 Å². The third kappa shape index (κ3) is 13.6. The molecule has 29 rings (SSSR count). The Balaban J connectivity index is 0.000000105. The van der Waals surface area contributed by atoms with Crippen LogP contribution in [0.25, 0.3) is 254 Å². The van der Waals surface area contributed by atoms with Crippen molar-refractivity contribution in [3.8, 4) is 101 Å². The highest BCUT2D eigenvalue weighted by Gasteiger charge is 2.25. The molecule has 7 heterocycles. The lowest BCUT2D eigenvalue weighted by molar-refractivity contribution is 0.671. The maximum atomic E-state index is 6.58. The number of hydrogen-bond donors (Lipinski definition) is 0. The molecule has 0 aliphatic heterocycles. The van der Waals surface area contributed by atoms with Crippen LogP contribution in [0.3, 0.4) is 0 Å². The van der Waals surface area contributed by atoms with E-state index in [0.717, 1.165) is 50.0 Å². The zero-order valence-corrected chi connectivity index (χ0v) is 75.7. The van der Waals surface area contributed by atoms with Crippen molar-refractivity contribution in [3.05, 3.63) is 522 Å². The summed E-state index contributed by atoms with van der Waals surface area (Å²) in [4.78, 5) is 0. The molecule has 0 saturated heterocycles. The Morgan fingerprint density at radius 2 is 0.338 bits per heavy atom. The molecule has 7 nitrogen and oxygen atoms in total. The molecule has 7 aromatic heterocycles. The quantitative estimate of drug-likeness (QED) is 0.120. The van der Waals surface area contributed by atoms with Crippen LogP contribution in [-0.2, 0) is 0 Å². The van der Waals surface area contributed by atoms with Crippen LogP contribution in [0.5, 0.6) is 0 Å².